The minimum absolute atomic E-state index is 0.254. The monoisotopic (exact) mass is 225 g/mol. The standard InChI is InChI=1S/C12H16ClNO/c1-9-2-3-10(8-11(9)13)12(14)4-6-15-7-5-12/h2-3,8H,4-7,14H2,1H3. The molecule has 0 radical (unpaired) electrons. The van der Waals surface area contributed by atoms with Gasteiger partial charge in [0.05, 0.1) is 0 Å². The Hall–Kier alpha value is -0.570. The Bertz CT molecular complexity index is 359. The van der Waals surface area contributed by atoms with Crippen LogP contribution in [0.25, 0.3) is 0 Å². The van der Waals surface area contributed by atoms with Gasteiger partial charge < -0.3 is 10.5 Å². The quantitative estimate of drug-likeness (QED) is 0.798. The van der Waals surface area contributed by atoms with Gasteiger partial charge in [0.1, 0.15) is 0 Å². The van der Waals surface area contributed by atoms with Crippen LogP contribution in [0.5, 0.6) is 0 Å². The molecule has 3 heteroatoms. The molecule has 1 aliphatic rings. The number of rotatable bonds is 1. The molecular weight excluding hydrogens is 210 g/mol. The van der Waals surface area contributed by atoms with E-state index in [0.717, 1.165) is 42.2 Å². The zero-order chi connectivity index (χ0) is 10.9. The first-order valence-electron chi connectivity index (χ1n) is 5.25. The number of nitrogens with two attached hydrogens (primary N) is 1. The lowest BCUT2D eigenvalue weighted by atomic mass is 9.83. The maximum atomic E-state index is 6.36. The molecule has 0 atom stereocenters. The van der Waals surface area contributed by atoms with Crippen LogP contribution >= 0.6 is 11.6 Å². The van der Waals surface area contributed by atoms with Crippen molar-refractivity contribution < 1.29 is 4.74 Å². The molecule has 1 aliphatic heterocycles. The van der Waals surface area contributed by atoms with Gasteiger partial charge in [-0.3, -0.25) is 0 Å². The van der Waals surface area contributed by atoms with E-state index in [0.29, 0.717) is 0 Å². The summed E-state index contributed by atoms with van der Waals surface area (Å²) in [6.07, 6.45) is 1.73. The van der Waals surface area contributed by atoms with E-state index in [4.69, 9.17) is 22.1 Å². The predicted octanol–water partition coefficient (Wildman–Crippen LogP) is 2.61. The summed E-state index contributed by atoms with van der Waals surface area (Å²) in [6, 6.07) is 6.09. The average molecular weight is 226 g/mol. The number of ether oxygens (including phenoxy) is 1. The fraction of sp³-hybridized carbons (Fsp3) is 0.500. The average Bonchev–Trinajstić information content (AvgIpc) is 2.23. The SMILES string of the molecule is Cc1ccc(C2(N)CCOCC2)cc1Cl. The summed E-state index contributed by atoms with van der Waals surface area (Å²) in [5.74, 6) is 0. The fourth-order valence-electron chi connectivity index (χ4n) is 1.93. The molecular formula is C12H16ClNO. The molecule has 0 unspecified atom stereocenters. The van der Waals surface area contributed by atoms with Crippen molar-refractivity contribution in [3.63, 3.8) is 0 Å². The van der Waals surface area contributed by atoms with Gasteiger partial charge in [0, 0.05) is 23.8 Å². The Labute approximate surface area is 95.4 Å². The van der Waals surface area contributed by atoms with E-state index in [1.54, 1.807) is 0 Å². The largest absolute Gasteiger partial charge is 0.381 e. The second-order valence-electron chi connectivity index (χ2n) is 4.23. The second kappa shape index (κ2) is 4.12. The van der Waals surface area contributed by atoms with Gasteiger partial charge in [-0.2, -0.15) is 0 Å². The van der Waals surface area contributed by atoms with Gasteiger partial charge >= 0.3 is 0 Å². The van der Waals surface area contributed by atoms with Crippen LogP contribution in [0.3, 0.4) is 0 Å². The van der Waals surface area contributed by atoms with Gasteiger partial charge in [-0.25, -0.2) is 0 Å². The summed E-state index contributed by atoms with van der Waals surface area (Å²) in [4.78, 5) is 0. The van der Waals surface area contributed by atoms with Crippen LogP contribution < -0.4 is 5.73 Å². The summed E-state index contributed by atoms with van der Waals surface area (Å²) in [5.41, 5.74) is 8.33. The molecule has 1 heterocycles. The van der Waals surface area contributed by atoms with Crippen molar-refractivity contribution in [1.82, 2.24) is 0 Å². The molecule has 1 saturated heterocycles. The van der Waals surface area contributed by atoms with Crippen molar-refractivity contribution in [3.8, 4) is 0 Å². The molecule has 2 N–H and O–H groups in total. The highest BCUT2D eigenvalue weighted by Gasteiger charge is 2.30. The second-order valence-corrected chi connectivity index (χ2v) is 4.64. The molecule has 0 bridgehead atoms. The number of hydrogen-bond acceptors (Lipinski definition) is 2. The number of halogens is 1. The lowest BCUT2D eigenvalue weighted by Crippen LogP contribution is -2.42. The highest BCUT2D eigenvalue weighted by atomic mass is 35.5. The molecule has 0 aliphatic carbocycles. The summed E-state index contributed by atoms with van der Waals surface area (Å²) in [6.45, 7) is 3.48. The molecule has 1 aromatic carbocycles. The Morgan fingerprint density at radius 2 is 2.00 bits per heavy atom. The van der Waals surface area contributed by atoms with Gasteiger partial charge in [-0.1, -0.05) is 23.7 Å². The number of aryl methyl sites for hydroxylation is 1. The van der Waals surface area contributed by atoms with E-state index in [1.807, 2.05) is 19.1 Å². The summed E-state index contributed by atoms with van der Waals surface area (Å²) in [7, 11) is 0. The van der Waals surface area contributed by atoms with Crippen LogP contribution in [-0.4, -0.2) is 13.2 Å². The molecule has 2 rings (SSSR count). The third kappa shape index (κ3) is 2.17. The molecule has 1 aromatic rings. The Balaban J connectivity index is 2.31. The van der Waals surface area contributed by atoms with E-state index in [1.165, 1.54) is 0 Å². The summed E-state index contributed by atoms with van der Waals surface area (Å²) in [5, 5.41) is 0.795. The van der Waals surface area contributed by atoms with E-state index >= 15 is 0 Å². The van der Waals surface area contributed by atoms with Crippen molar-refractivity contribution in [3.05, 3.63) is 34.3 Å². The molecule has 0 spiro atoms. The Morgan fingerprint density at radius 1 is 1.33 bits per heavy atom. The minimum atomic E-state index is -0.254. The van der Waals surface area contributed by atoms with E-state index < -0.39 is 0 Å². The van der Waals surface area contributed by atoms with E-state index in [2.05, 4.69) is 6.07 Å². The molecule has 0 saturated carbocycles. The maximum Gasteiger partial charge on any atom is 0.0486 e. The first-order valence-corrected chi connectivity index (χ1v) is 5.63. The van der Waals surface area contributed by atoms with Crippen LogP contribution in [0.2, 0.25) is 5.02 Å². The highest BCUT2D eigenvalue weighted by molar-refractivity contribution is 6.31. The van der Waals surface area contributed by atoms with Crippen molar-refractivity contribution in [2.75, 3.05) is 13.2 Å². The molecule has 82 valence electrons. The van der Waals surface area contributed by atoms with Crippen LogP contribution in [0.1, 0.15) is 24.0 Å². The summed E-state index contributed by atoms with van der Waals surface area (Å²) >= 11 is 6.11. The Morgan fingerprint density at radius 3 is 2.60 bits per heavy atom. The van der Waals surface area contributed by atoms with Crippen molar-refractivity contribution >= 4 is 11.6 Å². The first-order chi connectivity index (χ1) is 7.12. The van der Waals surface area contributed by atoms with Crippen molar-refractivity contribution in [1.29, 1.82) is 0 Å². The van der Waals surface area contributed by atoms with Crippen LogP contribution in [-0.2, 0) is 10.3 Å². The normalized spacial score (nSPS) is 20.2. The van der Waals surface area contributed by atoms with E-state index in [9.17, 15) is 0 Å². The van der Waals surface area contributed by atoms with E-state index in [-0.39, 0.29) is 5.54 Å². The van der Waals surface area contributed by atoms with Gasteiger partial charge in [-0.05, 0) is 37.0 Å². The Kier molecular flexibility index (Phi) is 3.01. The molecule has 15 heavy (non-hydrogen) atoms. The molecule has 0 amide bonds. The topological polar surface area (TPSA) is 35.2 Å². The minimum Gasteiger partial charge on any atom is -0.381 e. The molecule has 0 aromatic heterocycles. The summed E-state index contributed by atoms with van der Waals surface area (Å²) < 4.78 is 5.33. The maximum absolute atomic E-state index is 6.36. The third-order valence-electron chi connectivity index (χ3n) is 3.13. The smallest absolute Gasteiger partial charge is 0.0486 e. The van der Waals surface area contributed by atoms with Gasteiger partial charge in [0.25, 0.3) is 0 Å². The highest BCUT2D eigenvalue weighted by Crippen LogP contribution is 2.31. The zero-order valence-corrected chi connectivity index (χ0v) is 9.68. The predicted molar refractivity (Wildman–Crippen MR) is 62.1 cm³/mol. The lowest BCUT2D eigenvalue weighted by molar-refractivity contribution is 0.0522. The fourth-order valence-corrected chi connectivity index (χ4v) is 2.11. The van der Waals surface area contributed by atoms with Crippen molar-refractivity contribution in [2.24, 2.45) is 5.73 Å². The number of hydrogen-bond donors (Lipinski definition) is 1. The first kappa shape index (κ1) is 10.9. The molecule has 2 nitrogen and oxygen atoms in total. The van der Waals surface area contributed by atoms with Gasteiger partial charge in [-0.15, -0.1) is 0 Å². The van der Waals surface area contributed by atoms with Gasteiger partial charge in [0.2, 0.25) is 0 Å². The molecule has 1 fully saturated rings. The number of benzene rings is 1. The van der Waals surface area contributed by atoms with Crippen molar-refractivity contribution in [2.45, 2.75) is 25.3 Å². The van der Waals surface area contributed by atoms with Crippen LogP contribution in [0.15, 0.2) is 18.2 Å². The zero-order valence-electron chi connectivity index (χ0n) is 8.92. The third-order valence-corrected chi connectivity index (χ3v) is 3.54. The van der Waals surface area contributed by atoms with Crippen LogP contribution in [0, 0.1) is 6.92 Å². The van der Waals surface area contributed by atoms with Gasteiger partial charge in [0.15, 0.2) is 0 Å². The lowest BCUT2D eigenvalue weighted by Gasteiger charge is -2.34. The van der Waals surface area contributed by atoms with Crippen LogP contribution in [0.4, 0.5) is 0 Å².